The molecular formula is C27H25Cl2Zr. The molecule has 1 aliphatic carbocycles. The summed E-state index contributed by atoms with van der Waals surface area (Å²) >= 11 is 1.52. The van der Waals surface area contributed by atoms with E-state index < -0.39 is 0 Å². The summed E-state index contributed by atoms with van der Waals surface area (Å²) in [5.74, 6) is 0.547. The van der Waals surface area contributed by atoms with Gasteiger partial charge in [0.1, 0.15) is 0 Å². The zero-order valence-corrected chi connectivity index (χ0v) is 21.3. The summed E-state index contributed by atoms with van der Waals surface area (Å²) < 4.78 is 1.57. The second kappa shape index (κ2) is 8.99. The third-order valence-electron chi connectivity index (χ3n) is 6.61. The van der Waals surface area contributed by atoms with Crippen molar-refractivity contribution in [2.24, 2.45) is 5.92 Å². The smallest absolute Gasteiger partial charge is 0.147 e. The molecule has 0 saturated carbocycles. The van der Waals surface area contributed by atoms with Gasteiger partial charge >= 0.3 is 182 Å². The average molecular weight is 512 g/mol. The normalized spacial score (nSPS) is 18.2. The van der Waals surface area contributed by atoms with Gasteiger partial charge in [0.15, 0.2) is 0 Å². The largest absolute Gasteiger partial charge is 0.147 e. The second-order valence-electron chi connectivity index (χ2n) is 8.01. The van der Waals surface area contributed by atoms with Crippen LogP contribution in [0, 0.1) is 5.92 Å². The number of benzene rings is 4. The summed E-state index contributed by atoms with van der Waals surface area (Å²) in [6.07, 6.45) is 3.72. The molecule has 0 saturated heterocycles. The van der Waals surface area contributed by atoms with Crippen molar-refractivity contribution in [2.75, 3.05) is 0 Å². The summed E-state index contributed by atoms with van der Waals surface area (Å²) in [6, 6.07) is 29.3. The van der Waals surface area contributed by atoms with E-state index in [1.807, 2.05) is 0 Å². The van der Waals surface area contributed by atoms with Gasteiger partial charge in [-0.2, -0.15) is 0 Å². The van der Waals surface area contributed by atoms with Crippen LogP contribution in [-0.2, 0) is 30.1 Å². The molecule has 0 fully saturated rings. The molecule has 0 amide bonds. The Morgan fingerprint density at radius 1 is 0.800 bits per heavy atom. The third-order valence-corrected chi connectivity index (χ3v) is 8.29. The quantitative estimate of drug-likeness (QED) is 0.285. The van der Waals surface area contributed by atoms with Crippen LogP contribution in [0.1, 0.15) is 25.8 Å². The third kappa shape index (κ3) is 3.40. The zero-order chi connectivity index (χ0) is 19.3. The molecule has 151 valence electrons. The first-order valence-electron chi connectivity index (χ1n) is 10.1. The molecule has 2 unspecified atom stereocenters. The molecular weight excluding hydrogens is 486 g/mol. The second-order valence-corrected chi connectivity index (χ2v) is 9.24. The molecule has 0 heterocycles. The summed E-state index contributed by atoms with van der Waals surface area (Å²) in [5, 5.41) is 8.21. The Morgan fingerprint density at radius 3 is 2.13 bits per heavy atom. The molecule has 0 aromatic heterocycles. The van der Waals surface area contributed by atoms with E-state index in [1.165, 1.54) is 62.3 Å². The van der Waals surface area contributed by atoms with Crippen LogP contribution in [0.25, 0.3) is 30.9 Å². The van der Waals surface area contributed by atoms with Gasteiger partial charge in [-0.1, -0.05) is 0 Å². The molecule has 3 heteroatoms. The minimum absolute atomic E-state index is 0. The Bertz CT molecular complexity index is 1340. The van der Waals surface area contributed by atoms with Crippen LogP contribution in [0.2, 0.25) is 0 Å². The van der Waals surface area contributed by atoms with Crippen molar-refractivity contribution in [3.63, 3.8) is 0 Å². The van der Waals surface area contributed by atoms with Gasteiger partial charge < -0.3 is 0 Å². The predicted molar refractivity (Wildman–Crippen MR) is 131 cm³/mol. The van der Waals surface area contributed by atoms with Gasteiger partial charge in [-0.05, 0) is 0 Å². The van der Waals surface area contributed by atoms with Crippen molar-refractivity contribution in [3.8, 4) is 0 Å². The SMILES string of the molecule is CCC(C)C1(c2cccc3cc4ccccc4cc23)C=c2ccccc2=[C]1[Zr].Cl.Cl. The van der Waals surface area contributed by atoms with Crippen molar-refractivity contribution in [1.82, 2.24) is 0 Å². The topological polar surface area (TPSA) is 0 Å². The summed E-state index contributed by atoms with van der Waals surface area (Å²) in [7, 11) is 0. The fraction of sp³-hybridized carbons (Fsp3) is 0.185. The fourth-order valence-corrected chi connectivity index (χ4v) is 6.58. The number of rotatable bonds is 3. The molecule has 0 nitrogen and oxygen atoms in total. The summed E-state index contributed by atoms with van der Waals surface area (Å²) in [5.41, 5.74) is 1.45. The van der Waals surface area contributed by atoms with E-state index in [0.717, 1.165) is 6.42 Å². The van der Waals surface area contributed by atoms with Crippen LogP contribution in [0.5, 0.6) is 0 Å². The minimum atomic E-state index is -0.0152. The van der Waals surface area contributed by atoms with Crippen molar-refractivity contribution >= 4 is 55.7 Å². The molecule has 1 aliphatic rings. The van der Waals surface area contributed by atoms with Gasteiger partial charge in [0, 0.05) is 0 Å². The summed E-state index contributed by atoms with van der Waals surface area (Å²) in [4.78, 5) is 0. The maximum absolute atomic E-state index is 2.56. The number of hydrogen-bond donors (Lipinski definition) is 0. The maximum Gasteiger partial charge on any atom is -0.147 e. The molecule has 0 N–H and O–H groups in total. The van der Waals surface area contributed by atoms with Crippen molar-refractivity contribution in [1.29, 1.82) is 0 Å². The molecule has 5 rings (SSSR count). The van der Waals surface area contributed by atoms with Crippen LogP contribution >= 0.6 is 24.8 Å². The predicted octanol–water partition coefficient (Wildman–Crippen LogP) is 6.27. The summed E-state index contributed by atoms with van der Waals surface area (Å²) in [6.45, 7) is 4.75. The van der Waals surface area contributed by atoms with Crippen LogP contribution < -0.4 is 10.4 Å². The van der Waals surface area contributed by atoms with Gasteiger partial charge in [-0.25, -0.2) is 0 Å². The van der Waals surface area contributed by atoms with E-state index in [1.54, 1.807) is 3.28 Å². The Balaban J connectivity index is 0.00000128. The van der Waals surface area contributed by atoms with Gasteiger partial charge in [0.05, 0.1) is 0 Å². The Kier molecular flexibility index (Phi) is 6.98. The van der Waals surface area contributed by atoms with Gasteiger partial charge in [-0.3, -0.25) is 0 Å². The molecule has 0 spiro atoms. The molecule has 0 radical (unpaired) electrons. The van der Waals surface area contributed by atoms with Gasteiger partial charge in [0.2, 0.25) is 0 Å². The average Bonchev–Trinajstić information content (AvgIpc) is 3.04. The molecule has 30 heavy (non-hydrogen) atoms. The minimum Gasteiger partial charge on any atom is -0.147 e. The fourth-order valence-electron chi connectivity index (χ4n) is 4.91. The number of hydrogen-bond acceptors (Lipinski definition) is 0. The first-order valence-corrected chi connectivity index (χ1v) is 11.3. The molecule has 4 aromatic carbocycles. The Labute approximate surface area is 205 Å². The first kappa shape index (κ1) is 23.3. The van der Waals surface area contributed by atoms with Crippen molar-refractivity contribution in [3.05, 3.63) is 94.9 Å². The van der Waals surface area contributed by atoms with Crippen LogP contribution in [0.3, 0.4) is 0 Å². The van der Waals surface area contributed by atoms with Crippen LogP contribution in [0.15, 0.2) is 78.9 Å². The molecule has 2 atom stereocenters. The molecule has 0 aliphatic heterocycles. The number of fused-ring (bicyclic) bond motifs is 3. The van der Waals surface area contributed by atoms with E-state index in [-0.39, 0.29) is 30.2 Å². The van der Waals surface area contributed by atoms with Crippen molar-refractivity contribution < 1.29 is 24.7 Å². The van der Waals surface area contributed by atoms with E-state index in [4.69, 9.17) is 0 Å². The maximum atomic E-state index is 2.56. The Morgan fingerprint density at radius 2 is 1.43 bits per heavy atom. The van der Waals surface area contributed by atoms with E-state index in [0.29, 0.717) is 5.92 Å². The monoisotopic (exact) mass is 509 g/mol. The van der Waals surface area contributed by atoms with Gasteiger partial charge in [-0.15, -0.1) is 24.8 Å². The Hall–Kier alpha value is -1.40. The molecule has 4 aromatic rings. The van der Waals surface area contributed by atoms with E-state index >= 15 is 0 Å². The van der Waals surface area contributed by atoms with E-state index in [9.17, 15) is 0 Å². The first-order chi connectivity index (χ1) is 13.6. The molecule has 0 bridgehead atoms. The standard InChI is InChI=1S/C27H23.2ClH.Zr/c1-3-19(2)27(17-23-11-6-7-12-24(23)18-27)26-14-8-13-22-15-20-9-4-5-10-21(20)16-25(22)26;;;/h4-17,19H,3H2,1-2H3;2*1H;. The van der Waals surface area contributed by atoms with Crippen LogP contribution in [-0.4, -0.2) is 0 Å². The van der Waals surface area contributed by atoms with Crippen molar-refractivity contribution in [2.45, 2.75) is 25.7 Å². The van der Waals surface area contributed by atoms with Gasteiger partial charge in [0.25, 0.3) is 0 Å². The van der Waals surface area contributed by atoms with Crippen LogP contribution in [0.4, 0.5) is 0 Å². The number of halogens is 2. The van der Waals surface area contributed by atoms with E-state index in [2.05, 4.69) is 98.8 Å². The zero-order valence-electron chi connectivity index (χ0n) is 17.2.